The highest BCUT2D eigenvalue weighted by molar-refractivity contribution is 9.10. The van der Waals surface area contributed by atoms with Crippen molar-refractivity contribution < 1.29 is 19.1 Å². The molecule has 5 nitrogen and oxygen atoms in total. The Morgan fingerprint density at radius 3 is 2.50 bits per heavy atom. The van der Waals surface area contributed by atoms with Crippen LogP contribution in [0.2, 0.25) is 0 Å². The highest BCUT2D eigenvalue weighted by Gasteiger charge is 2.33. The molecule has 28 heavy (non-hydrogen) atoms. The average molecular weight is 462 g/mol. The van der Waals surface area contributed by atoms with E-state index in [9.17, 15) is 9.59 Å². The second-order valence-corrected chi connectivity index (χ2v) is 7.81. The van der Waals surface area contributed by atoms with E-state index in [4.69, 9.17) is 9.47 Å². The van der Waals surface area contributed by atoms with E-state index < -0.39 is 0 Å². The first-order chi connectivity index (χ1) is 13.5. The number of hydrogen-bond acceptors (Lipinski definition) is 5. The molecular weight excluding hydrogens is 442 g/mol. The van der Waals surface area contributed by atoms with Gasteiger partial charge < -0.3 is 9.47 Å². The van der Waals surface area contributed by atoms with E-state index in [0.29, 0.717) is 36.2 Å². The third kappa shape index (κ3) is 4.59. The number of nitrogens with zero attached hydrogens (tertiary/aromatic N) is 1. The van der Waals surface area contributed by atoms with Crippen molar-refractivity contribution in [2.45, 2.75) is 20.5 Å². The van der Waals surface area contributed by atoms with E-state index in [-0.39, 0.29) is 11.1 Å². The lowest BCUT2D eigenvalue weighted by Gasteiger charge is -2.15. The van der Waals surface area contributed by atoms with E-state index in [1.807, 2.05) is 49.4 Å². The molecule has 2 aromatic rings. The number of amides is 2. The predicted molar refractivity (Wildman–Crippen MR) is 114 cm³/mol. The third-order valence-electron chi connectivity index (χ3n) is 4.05. The van der Waals surface area contributed by atoms with E-state index in [0.717, 1.165) is 27.4 Å². The first-order valence-electron chi connectivity index (χ1n) is 8.92. The van der Waals surface area contributed by atoms with Crippen LogP contribution in [-0.2, 0) is 11.4 Å². The van der Waals surface area contributed by atoms with Gasteiger partial charge in [0.2, 0.25) is 0 Å². The van der Waals surface area contributed by atoms with Crippen molar-refractivity contribution in [3.63, 3.8) is 0 Å². The summed E-state index contributed by atoms with van der Waals surface area (Å²) in [4.78, 5) is 25.9. The minimum atomic E-state index is -0.268. The Kier molecular flexibility index (Phi) is 6.80. The van der Waals surface area contributed by atoms with Crippen LogP contribution in [0.25, 0.3) is 6.08 Å². The predicted octanol–water partition coefficient (Wildman–Crippen LogP) is 5.48. The van der Waals surface area contributed by atoms with Gasteiger partial charge in [0.15, 0.2) is 11.5 Å². The molecule has 1 saturated heterocycles. The first kappa shape index (κ1) is 20.5. The molecule has 0 bridgehead atoms. The summed E-state index contributed by atoms with van der Waals surface area (Å²) < 4.78 is 12.4. The Bertz CT molecular complexity index is 914. The molecule has 0 N–H and O–H groups in total. The summed E-state index contributed by atoms with van der Waals surface area (Å²) in [6.45, 7) is 4.93. The summed E-state index contributed by atoms with van der Waals surface area (Å²) in [7, 11) is 0. The number of halogens is 1. The van der Waals surface area contributed by atoms with Crippen molar-refractivity contribution in [3.8, 4) is 11.5 Å². The lowest BCUT2D eigenvalue weighted by Crippen LogP contribution is -2.27. The largest absolute Gasteiger partial charge is 0.490 e. The second-order valence-electron chi connectivity index (χ2n) is 5.96. The van der Waals surface area contributed by atoms with Gasteiger partial charge in [-0.15, -0.1) is 0 Å². The summed E-state index contributed by atoms with van der Waals surface area (Å²) in [6, 6.07) is 13.5. The van der Waals surface area contributed by atoms with Crippen LogP contribution in [0.15, 0.2) is 51.8 Å². The Hall–Kier alpha value is -2.25. The van der Waals surface area contributed by atoms with Gasteiger partial charge in [-0.3, -0.25) is 14.5 Å². The smallest absolute Gasteiger partial charge is 0.293 e. The molecule has 2 aromatic carbocycles. The van der Waals surface area contributed by atoms with Crippen LogP contribution in [0.3, 0.4) is 0 Å². The number of hydrogen-bond donors (Lipinski definition) is 0. The molecule has 7 heteroatoms. The Labute approximate surface area is 176 Å². The number of imide groups is 1. The normalized spacial score (nSPS) is 15.4. The fraction of sp³-hybridized carbons (Fsp3) is 0.238. The van der Waals surface area contributed by atoms with Crippen molar-refractivity contribution in [2.24, 2.45) is 0 Å². The van der Waals surface area contributed by atoms with E-state index >= 15 is 0 Å². The molecule has 0 atom stereocenters. The number of carbonyl (C=O) groups is 2. The summed E-state index contributed by atoms with van der Waals surface area (Å²) in [5.41, 5.74) is 1.80. The van der Waals surface area contributed by atoms with Crippen LogP contribution in [0.5, 0.6) is 11.5 Å². The number of ether oxygens (including phenoxy) is 2. The van der Waals surface area contributed by atoms with E-state index in [1.165, 1.54) is 4.90 Å². The highest BCUT2D eigenvalue weighted by Crippen LogP contribution is 2.39. The van der Waals surface area contributed by atoms with Gasteiger partial charge in [0.25, 0.3) is 11.1 Å². The van der Waals surface area contributed by atoms with Crippen LogP contribution in [0.4, 0.5) is 4.79 Å². The zero-order valence-corrected chi connectivity index (χ0v) is 18.0. The van der Waals surface area contributed by atoms with Crippen molar-refractivity contribution in [2.75, 3.05) is 13.2 Å². The number of rotatable bonds is 7. The van der Waals surface area contributed by atoms with Crippen molar-refractivity contribution in [3.05, 3.63) is 63.0 Å². The number of benzene rings is 2. The molecule has 1 heterocycles. The Morgan fingerprint density at radius 1 is 1.11 bits per heavy atom. The second kappa shape index (κ2) is 9.30. The van der Waals surface area contributed by atoms with Crippen LogP contribution in [-0.4, -0.2) is 29.2 Å². The van der Waals surface area contributed by atoms with Crippen molar-refractivity contribution in [1.82, 2.24) is 4.90 Å². The Balaban J connectivity index is 1.87. The lowest BCUT2D eigenvalue weighted by molar-refractivity contribution is -0.122. The van der Waals surface area contributed by atoms with Crippen molar-refractivity contribution in [1.29, 1.82) is 0 Å². The molecule has 0 unspecified atom stereocenters. The first-order valence-corrected chi connectivity index (χ1v) is 10.5. The van der Waals surface area contributed by atoms with Crippen molar-refractivity contribution >= 4 is 44.9 Å². The minimum Gasteiger partial charge on any atom is -0.490 e. The molecule has 1 fully saturated rings. The fourth-order valence-electron chi connectivity index (χ4n) is 2.73. The SMILES string of the molecule is CCOc1cc(C=C2SC(=O)N(CC)C2=O)cc(Br)c1OCc1ccccc1. The van der Waals surface area contributed by atoms with Gasteiger partial charge in [0.05, 0.1) is 16.0 Å². The zero-order valence-electron chi connectivity index (χ0n) is 15.6. The van der Waals surface area contributed by atoms with Gasteiger partial charge in [-0.25, -0.2) is 0 Å². The average Bonchev–Trinajstić information content (AvgIpc) is 2.94. The van der Waals surface area contributed by atoms with E-state index in [2.05, 4.69) is 15.9 Å². The third-order valence-corrected chi connectivity index (χ3v) is 5.54. The van der Waals surface area contributed by atoms with Gasteiger partial charge in [0.1, 0.15) is 6.61 Å². The summed E-state index contributed by atoms with van der Waals surface area (Å²) in [5.74, 6) is 0.911. The molecular formula is C21H20BrNO4S. The maximum Gasteiger partial charge on any atom is 0.293 e. The fourth-order valence-corrected chi connectivity index (χ4v) is 4.21. The van der Waals surface area contributed by atoms with Gasteiger partial charge >= 0.3 is 0 Å². The van der Waals surface area contributed by atoms with E-state index in [1.54, 1.807) is 13.0 Å². The molecule has 2 amide bonds. The van der Waals surface area contributed by atoms with Gasteiger partial charge in [-0.2, -0.15) is 0 Å². The molecule has 146 valence electrons. The quantitative estimate of drug-likeness (QED) is 0.510. The molecule has 0 aromatic heterocycles. The van der Waals surface area contributed by atoms with Gasteiger partial charge in [0, 0.05) is 6.54 Å². The summed E-state index contributed by atoms with van der Waals surface area (Å²) >= 11 is 4.49. The molecule has 1 aliphatic heterocycles. The molecule has 0 saturated carbocycles. The summed E-state index contributed by atoms with van der Waals surface area (Å²) in [5, 5.41) is -0.245. The molecule has 0 radical (unpaired) electrons. The number of likely N-dealkylation sites (N-methyl/N-ethyl adjacent to an activating group) is 1. The maximum absolute atomic E-state index is 12.3. The molecule has 0 aliphatic carbocycles. The molecule has 0 spiro atoms. The van der Waals surface area contributed by atoms with Crippen LogP contribution < -0.4 is 9.47 Å². The number of thioether (sulfide) groups is 1. The highest BCUT2D eigenvalue weighted by atomic mass is 79.9. The standard InChI is InChI=1S/C21H20BrNO4S/c1-3-23-20(24)18(28-21(23)25)12-15-10-16(22)19(17(11-15)26-4-2)27-13-14-8-6-5-7-9-14/h5-12H,3-4,13H2,1-2H3. The maximum atomic E-state index is 12.3. The molecule has 1 aliphatic rings. The van der Waals surface area contributed by atoms with Crippen LogP contribution >= 0.6 is 27.7 Å². The van der Waals surface area contributed by atoms with Crippen LogP contribution in [0, 0.1) is 0 Å². The lowest BCUT2D eigenvalue weighted by atomic mass is 10.1. The Morgan fingerprint density at radius 2 is 1.86 bits per heavy atom. The van der Waals surface area contributed by atoms with Gasteiger partial charge in [-0.1, -0.05) is 30.3 Å². The zero-order chi connectivity index (χ0) is 20.1. The summed E-state index contributed by atoms with van der Waals surface area (Å²) in [6.07, 6.45) is 1.70. The molecule has 3 rings (SSSR count). The topological polar surface area (TPSA) is 55.8 Å². The minimum absolute atomic E-state index is 0.245. The van der Waals surface area contributed by atoms with Crippen LogP contribution in [0.1, 0.15) is 25.0 Å². The van der Waals surface area contributed by atoms with Gasteiger partial charge in [-0.05, 0) is 70.9 Å². The monoisotopic (exact) mass is 461 g/mol. The number of carbonyl (C=O) groups excluding carboxylic acids is 2.